The zero-order chi connectivity index (χ0) is 16.8. The van der Waals surface area contributed by atoms with Crippen LogP contribution in [0.3, 0.4) is 0 Å². The quantitative estimate of drug-likeness (QED) is 0.846. The van der Waals surface area contributed by atoms with Gasteiger partial charge in [0.2, 0.25) is 11.8 Å². The summed E-state index contributed by atoms with van der Waals surface area (Å²) in [5.41, 5.74) is 0.836. The van der Waals surface area contributed by atoms with Crippen LogP contribution in [-0.2, 0) is 22.6 Å². The highest BCUT2D eigenvalue weighted by molar-refractivity contribution is 5.82. The number of rotatable bonds is 3. The van der Waals surface area contributed by atoms with Crippen molar-refractivity contribution in [1.82, 2.24) is 19.4 Å². The molecule has 3 heterocycles. The minimum absolute atomic E-state index is 0.00492. The lowest BCUT2D eigenvalue weighted by Crippen LogP contribution is -2.42. The smallest absolute Gasteiger partial charge is 0.228 e. The van der Waals surface area contributed by atoms with Gasteiger partial charge in [-0.3, -0.25) is 9.59 Å². The van der Waals surface area contributed by atoms with Crippen molar-refractivity contribution < 1.29 is 9.59 Å². The number of hydrogen-bond donors (Lipinski definition) is 0. The molecule has 6 heteroatoms. The summed E-state index contributed by atoms with van der Waals surface area (Å²) in [4.78, 5) is 33.5. The number of aromatic nitrogens is 2. The second-order valence-corrected chi connectivity index (χ2v) is 7.58. The van der Waals surface area contributed by atoms with Crippen LogP contribution in [0.1, 0.15) is 50.7 Å². The Kier molecular flexibility index (Phi) is 3.85. The molecular formula is C18H26N4O2. The van der Waals surface area contributed by atoms with Gasteiger partial charge in [0.25, 0.3) is 0 Å². The van der Waals surface area contributed by atoms with Crippen molar-refractivity contribution in [3.63, 3.8) is 0 Å². The predicted molar refractivity (Wildman–Crippen MR) is 89.1 cm³/mol. The molecule has 1 saturated heterocycles. The van der Waals surface area contributed by atoms with Gasteiger partial charge in [0.05, 0.1) is 18.2 Å². The van der Waals surface area contributed by atoms with E-state index in [0.717, 1.165) is 57.0 Å². The minimum atomic E-state index is -0.00492. The highest BCUT2D eigenvalue weighted by atomic mass is 16.2. The third-order valence-electron chi connectivity index (χ3n) is 5.78. The van der Waals surface area contributed by atoms with E-state index >= 15 is 0 Å². The van der Waals surface area contributed by atoms with Crippen molar-refractivity contribution in [2.45, 2.75) is 52.1 Å². The number of likely N-dealkylation sites (tertiary alicyclic amines) is 1. The van der Waals surface area contributed by atoms with E-state index in [9.17, 15) is 9.59 Å². The number of imidazole rings is 1. The summed E-state index contributed by atoms with van der Waals surface area (Å²) in [6.45, 7) is 7.47. The fraction of sp³-hybridized carbons (Fsp3) is 0.722. The Hall–Kier alpha value is -1.85. The van der Waals surface area contributed by atoms with Gasteiger partial charge in [0, 0.05) is 38.3 Å². The van der Waals surface area contributed by atoms with Gasteiger partial charge in [-0.1, -0.05) is 6.92 Å². The van der Waals surface area contributed by atoms with Crippen molar-refractivity contribution in [2.75, 3.05) is 19.6 Å². The molecule has 1 aromatic rings. The first kappa shape index (κ1) is 15.7. The standard InChI is InChI=1S/C18H26N4O2/c1-12-9-15(12)18(24)22-8-7-21-11-14(19-17(21)13(22)2)10-16(23)20-5-3-4-6-20/h11-13,15H,3-10H2,1-2H3/t12-,13-,15-/m1/s1. The van der Waals surface area contributed by atoms with E-state index < -0.39 is 0 Å². The van der Waals surface area contributed by atoms with Crippen LogP contribution in [0, 0.1) is 11.8 Å². The van der Waals surface area contributed by atoms with Crippen LogP contribution < -0.4 is 0 Å². The average molecular weight is 330 g/mol. The summed E-state index contributed by atoms with van der Waals surface area (Å²) in [5.74, 6) is 2.12. The summed E-state index contributed by atoms with van der Waals surface area (Å²) in [6, 6.07) is -0.00492. The molecule has 0 N–H and O–H groups in total. The number of amides is 2. The second-order valence-electron chi connectivity index (χ2n) is 7.58. The van der Waals surface area contributed by atoms with Crippen LogP contribution in [0.2, 0.25) is 0 Å². The van der Waals surface area contributed by atoms with Gasteiger partial charge in [-0.2, -0.15) is 0 Å². The molecular weight excluding hydrogens is 304 g/mol. The van der Waals surface area contributed by atoms with Gasteiger partial charge >= 0.3 is 0 Å². The summed E-state index contributed by atoms with van der Waals surface area (Å²) >= 11 is 0. The third-order valence-corrected chi connectivity index (χ3v) is 5.78. The Balaban J connectivity index is 1.46. The van der Waals surface area contributed by atoms with E-state index in [0.29, 0.717) is 12.3 Å². The van der Waals surface area contributed by atoms with Crippen molar-refractivity contribution in [3.8, 4) is 0 Å². The molecule has 0 aromatic carbocycles. The molecule has 2 amide bonds. The van der Waals surface area contributed by atoms with Crippen LogP contribution in [0.15, 0.2) is 6.20 Å². The fourth-order valence-corrected chi connectivity index (χ4v) is 4.05. The van der Waals surface area contributed by atoms with Crippen LogP contribution >= 0.6 is 0 Å². The summed E-state index contributed by atoms with van der Waals surface area (Å²) in [5, 5.41) is 0. The first-order valence-electron chi connectivity index (χ1n) is 9.19. The number of carbonyl (C=O) groups excluding carboxylic acids is 2. The Morgan fingerprint density at radius 1 is 1.17 bits per heavy atom. The predicted octanol–water partition coefficient (Wildman–Crippen LogP) is 1.61. The van der Waals surface area contributed by atoms with Crippen molar-refractivity contribution in [3.05, 3.63) is 17.7 Å². The molecule has 0 spiro atoms. The fourth-order valence-electron chi connectivity index (χ4n) is 4.05. The van der Waals surface area contributed by atoms with Gasteiger partial charge in [-0.05, 0) is 32.1 Å². The molecule has 24 heavy (non-hydrogen) atoms. The normalized spacial score (nSPS) is 28.8. The van der Waals surface area contributed by atoms with Crippen LogP contribution in [-0.4, -0.2) is 50.8 Å². The Morgan fingerprint density at radius 2 is 1.88 bits per heavy atom. The lowest BCUT2D eigenvalue weighted by atomic mass is 10.1. The van der Waals surface area contributed by atoms with Crippen molar-refractivity contribution in [1.29, 1.82) is 0 Å². The number of fused-ring (bicyclic) bond motifs is 1. The van der Waals surface area contributed by atoms with E-state index in [1.807, 2.05) is 16.0 Å². The molecule has 2 aliphatic heterocycles. The van der Waals surface area contributed by atoms with Gasteiger partial charge < -0.3 is 14.4 Å². The van der Waals surface area contributed by atoms with E-state index in [4.69, 9.17) is 4.98 Å². The zero-order valence-electron chi connectivity index (χ0n) is 14.6. The summed E-state index contributed by atoms with van der Waals surface area (Å²) < 4.78 is 2.12. The molecule has 0 bridgehead atoms. The minimum Gasteiger partial charge on any atom is -0.342 e. The lowest BCUT2D eigenvalue weighted by molar-refractivity contribution is -0.136. The molecule has 3 atom stereocenters. The third kappa shape index (κ3) is 2.72. The lowest BCUT2D eigenvalue weighted by Gasteiger charge is -2.34. The molecule has 2 fully saturated rings. The number of nitrogens with zero attached hydrogens (tertiary/aromatic N) is 4. The second kappa shape index (κ2) is 5.90. The topological polar surface area (TPSA) is 58.4 Å². The first-order valence-corrected chi connectivity index (χ1v) is 9.19. The maximum Gasteiger partial charge on any atom is 0.228 e. The molecule has 0 unspecified atom stereocenters. The van der Waals surface area contributed by atoms with Crippen molar-refractivity contribution >= 4 is 11.8 Å². The summed E-state index contributed by atoms with van der Waals surface area (Å²) in [6.07, 6.45) is 5.62. The maximum atomic E-state index is 12.6. The van der Waals surface area contributed by atoms with E-state index in [1.54, 1.807) is 0 Å². The maximum absolute atomic E-state index is 12.6. The largest absolute Gasteiger partial charge is 0.342 e. The molecule has 6 nitrogen and oxygen atoms in total. The van der Waals surface area contributed by atoms with Gasteiger partial charge in [0.15, 0.2) is 0 Å². The molecule has 1 aromatic heterocycles. The number of hydrogen-bond acceptors (Lipinski definition) is 3. The number of carbonyl (C=O) groups is 2. The van der Waals surface area contributed by atoms with Crippen LogP contribution in [0.25, 0.3) is 0 Å². The van der Waals surface area contributed by atoms with Gasteiger partial charge in [0.1, 0.15) is 5.82 Å². The average Bonchev–Trinajstić information content (AvgIpc) is 2.96. The molecule has 1 aliphatic carbocycles. The molecule has 1 saturated carbocycles. The van der Waals surface area contributed by atoms with Crippen LogP contribution in [0.4, 0.5) is 0 Å². The molecule has 3 aliphatic rings. The Labute approximate surface area is 142 Å². The highest BCUT2D eigenvalue weighted by Gasteiger charge is 2.44. The monoisotopic (exact) mass is 330 g/mol. The van der Waals surface area contributed by atoms with Crippen molar-refractivity contribution in [2.24, 2.45) is 11.8 Å². The summed E-state index contributed by atoms with van der Waals surface area (Å²) in [7, 11) is 0. The van der Waals surface area contributed by atoms with E-state index in [1.165, 1.54) is 0 Å². The van der Waals surface area contributed by atoms with Gasteiger partial charge in [-0.15, -0.1) is 0 Å². The Morgan fingerprint density at radius 3 is 2.54 bits per heavy atom. The van der Waals surface area contributed by atoms with Gasteiger partial charge in [-0.25, -0.2) is 4.98 Å². The van der Waals surface area contributed by atoms with Crippen LogP contribution in [0.5, 0.6) is 0 Å². The first-order chi connectivity index (χ1) is 11.5. The van der Waals surface area contributed by atoms with E-state index in [2.05, 4.69) is 18.4 Å². The zero-order valence-corrected chi connectivity index (χ0v) is 14.6. The van der Waals surface area contributed by atoms with E-state index in [-0.39, 0.29) is 23.8 Å². The highest BCUT2D eigenvalue weighted by Crippen LogP contribution is 2.41. The Bertz CT molecular complexity index is 662. The molecule has 0 radical (unpaired) electrons. The molecule has 4 rings (SSSR count). The SMILES string of the molecule is C[C@@H]1C[C@H]1C(=O)N1CCn2cc(CC(=O)N3CCCC3)nc2[C@H]1C. The molecule has 130 valence electrons.